The summed E-state index contributed by atoms with van der Waals surface area (Å²) in [6.45, 7) is 7.07. The molecule has 0 radical (unpaired) electrons. The summed E-state index contributed by atoms with van der Waals surface area (Å²) in [5.74, 6) is 1.34. The number of pyridine rings is 1. The summed E-state index contributed by atoms with van der Waals surface area (Å²) in [5, 5.41) is 9.92. The highest BCUT2D eigenvalue weighted by atomic mass is 35.5. The van der Waals surface area contributed by atoms with Gasteiger partial charge in [0.05, 0.1) is 35.9 Å². The Balaban J connectivity index is 1.83. The third kappa shape index (κ3) is 3.49. The van der Waals surface area contributed by atoms with Gasteiger partial charge in [0.25, 0.3) is 11.4 Å². The minimum absolute atomic E-state index is 0.149. The minimum Gasteiger partial charge on any atom is -0.493 e. The van der Waals surface area contributed by atoms with Crippen molar-refractivity contribution >= 4 is 51.5 Å². The molecule has 0 aliphatic heterocycles. The number of hydrogen-bond donors (Lipinski definition) is 3. The van der Waals surface area contributed by atoms with Crippen LogP contribution >= 0.6 is 11.6 Å². The lowest BCUT2D eigenvalue weighted by Gasteiger charge is -2.13. The van der Waals surface area contributed by atoms with Crippen molar-refractivity contribution in [1.29, 1.82) is 0 Å². The fourth-order valence-corrected chi connectivity index (χ4v) is 3.19. The van der Waals surface area contributed by atoms with Crippen LogP contribution in [0.1, 0.15) is 0 Å². The second kappa shape index (κ2) is 7.73. The molecule has 3 heterocycles. The molecule has 0 saturated carbocycles. The van der Waals surface area contributed by atoms with Crippen molar-refractivity contribution in [3.63, 3.8) is 0 Å². The van der Waals surface area contributed by atoms with E-state index in [9.17, 15) is 4.79 Å². The number of aryl methyl sites for hydroxylation is 1. The largest absolute Gasteiger partial charge is 0.493 e. The van der Waals surface area contributed by atoms with Gasteiger partial charge in [-0.05, 0) is 12.1 Å². The molecule has 11 heteroatoms. The molecule has 4 aromatic rings. The van der Waals surface area contributed by atoms with E-state index in [4.69, 9.17) is 22.9 Å². The Bertz CT molecular complexity index is 1360. The van der Waals surface area contributed by atoms with Crippen molar-refractivity contribution in [2.24, 2.45) is 7.05 Å². The Morgan fingerprint density at radius 1 is 1.20 bits per heavy atom. The average molecular weight is 423 g/mol. The van der Waals surface area contributed by atoms with Crippen LogP contribution in [0.5, 0.6) is 5.75 Å². The number of nitrogens with one attached hydrogen (secondary N) is 3. The number of hydrogen-bond acceptors (Lipinski definition) is 7. The number of fused-ring (bicyclic) bond motifs is 1. The number of methoxy groups -OCH3 is 1. The molecule has 0 saturated heterocycles. The number of halogens is 1. The van der Waals surface area contributed by atoms with Gasteiger partial charge in [0.1, 0.15) is 11.2 Å². The van der Waals surface area contributed by atoms with Crippen molar-refractivity contribution in [3.05, 3.63) is 63.5 Å². The van der Waals surface area contributed by atoms with Crippen molar-refractivity contribution in [2.75, 3.05) is 17.7 Å². The normalized spacial score (nSPS) is 10.6. The van der Waals surface area contributed by atoms with E-state index in [1.165, 1.54) is 24.2 Å². The molecule has 0 spiro atoms. The van der Waals surface area contributed by atoms with E-state index < -0.39 is 0 Å². The molecule has 0 bridgehead atoms. The van der Waals surface area contributed by atoms with Crippen LogP contribution in [0.2, 0.25) is 5.02 Å². The number of benzene rings is 1. The molecule has 30 heavy (non-hydrogen) atoms. The summed E-state index contributed by atoms with van der Waals surface area (Å²) in [4.78, 5) is 28.5. The lowest BCUT2D eigenvalue weighted by molar-refractivity contribution is 0.417. The first-order valence-electron chi connectivity index (χ1n) is 8.66. The van der Waals surface area contributed by atoms with Crippen LogP contribution in [0.25, 0.3) is 15.9 Å². The van der Waals surface area contributed by atoms with Crippen LogP contribution in [-0.4, -0.2) is 31.8 Å². The van der Waals surface area contributed by atoms with Gasteiger partial charge in [-0.15, -0.1) is 0 Å². The number of aromatic amines is 1. The Kier molecular flexibility index (Phi) is 4.95. The molecule has 3 N–H and O–H groups in total. The van der Waals surface area contributed by atoms with Crippen molar-refractivity contribution < 1.29 is 4.74 Å². The second-order valence-electron chi connectivity index (χ2n) is 6.20. The maximum atomic E-state index is 12.6. The van der Waals surface area contributed by atoms with Gasteiger partial charge in [-0.2, -0.15) is 0 Å². The van der Waals surface area contributed by atoms with Crippen LogP contribution in [0, 0.1) is 6.57 Å². The molecule has 3 aromatic heterocycles. The Morgan fingerprint density at radius 2 is 2.03 bits per heavy atom. The third-order valence-corrected chi connectivity index (χ3v) is 4.54. The summed E-state index contributed by atoms with van der Waals surface area (Å²) in [6.07, 6.45) is 2.84. The predicted octanol–water partition coefficient (Wildman–Crippen LogP) is 3.75. The average Bonchev–Trinajstić information content (AvgIpc) is 3.02. The molecule has 1 aromatic carbocycles. The van der Waals surface area contributed by atoms with E-state index in [1.54, 1.807) is 31.3 Å². The summed E-state index contributed by atoms with van der Waals surface area (Å²) < 4.78 is 6.72. The highest BCUT2D eigenvalue weighted by molar-refractivity contribution is 6.32. The lowest BCUT2D eigenvalue weighted by atomic mass is 10.2. The molecule has 0 aliphatic carbocycles. The molecule has 0 amide bonds. The minimum atomic E-state index is -0.248. The first-order valence-corrected chi connectivity index (χ1v) is 9.03. The number of nitrogens with zero attached hydrogens (tertiary/aromatic N) is 5. The highest BCUT2D eigenvalue weighted by Gasteiger charge is 2.16. The third-order valence-electron chi connectivity index (χ3n) is 4.24. The van der Waals surface area contributed by atoms with Gasteiger partial charge < -0.3 is 20.2 Å². The molecule has 4 rings (SSSR count). The number of rotatable bonds is 5. The first-order chi connectivity index (χ1) is 14.5. The lowest BCUT2D eigenvalue weighted by Crippen LogP contribution is -2.12. The van der Waals surface area contributed by atoms with E-state index in [0.717, 1.165) is 0 Å². The highest BCUT2D eigenvalue weighted by Crippen LogP contribution is 2.36. The molecule has 150 valence electrons. The van der Waals surface area contributed by atoms with E-state index >= 15 is 0 Å². The van der Waals surface area contributed by atoms with Gasteiger partial charge in [0.15, 0.2) is 11.4 Å². The zero-order valence-corrected chi connectivity index (χ0v) is 16.7. The van der Waals surface area contributed by atoms with E-state index in [-0.39, 0.29) is 11.4 Å². The monoisotopic (exact) mass is 422 g/mol. The molecule has 0 fully saturated rings. The summed E-state index contributed by atoms with van der Waals surface area (Å²) >= 11 is 6.22. The quantitative estimate of drug-likeness (QED) is 0.419. The van der Waals surface area contributed by atoms with Crippen LogP contribution in [0.15, 0.2) is 41.5 Å². The molecule has 0 atom stereocenters. The van der Waals surface area contributed by atoms with Crippen molar-refractivity contribution in [3.8, 4) is 5.75 Å². The van der Waals surface area contributed by atoms with Crippen LogP contribution in [0.4, 0.5) is 28.8 Å². The summed E-state index contributed by atoms with van der Waals surface area (Å²) in [7, 11) is 3.12. The second-order valence-corrected chi connectivity index (χ2v) is 6.61. The van der Waals surface area contributed by atoms with Gasteiger partial charge in [0.2, 0.25) is 5.82 Å². The van der Waals surface area contributed by atoms with Gasteiger partial charge in [0, 0.05) is 13.1 Å². The fraction of sp³-hybridized carbons (Fsp3) is 0.105. The molecule has 0 unspecified atom stereocenters. The van der Waals surface area contributed by atoms with Gasteiger partial charge >= 0.3 is 0 Å². The SMILES string of the molecule is [C-]#[N+]c1cncc(Nc2cc(Nc3cccc(Cl)c3OC)c3c(=O)n(C)[nH]c3n2)n1. The topological polar surface area (TPSA) is 114 Å². The number of aromatic nitrogens is 5. The summed E-state index contributed by atoms with van der Waals surface area (Å²) in [5.41, 5.74) is 1.19. The zero-order valence-electron chi connectivity index (χ0n) is 15.9. The number of ether oxygens (including phenoxy) is 1. The fourth-order valence-electron chi connectivity index (χ4n) is 2.94. The van der Waals surface area contributed by atoms with E-state index in [2.05, 4.69) is 35.5 Å². The predicted molar refractivity (Wildman–Crippen MR) is 114 cm³/mol. The zero-order chi connectivity index (χ0) is 21.3. The molecule has 0 aliphatic rings. The molecular formula is C19H15ClN8O2. The van der Waals surface area contributed by atoms with Crippen LogP contribution < -0.4 is 20.9 Å². The Labute approximate surface area is 175 Å². The molecular weight excluding hydrogens is 408 g/mol. The number of H-pyrrole nitrogens is 1. The Hall–Kier alpha value is -4.10. The number of anilines is 4. The Morgan fingerprint density at radius 3 is 2.80 bits per heavy atom. The van der Waals surface area contributed by atoms with E-state index in [0.29, 0.717) is 44.8 Å². The van der Waals surface area contributed by atoms with E-state index in [1.807, 2.05) is 0 Å². The van der Waals surface area contributed by atoms with Crippen molar-refractivity contribution in [1.82, 2.24) is 24.7 Å². The van der Waals surface area contributed by atoms with Crippen LogP contribution in [0.3, 0.4) is 0 Å². The summed E-state index contributed by atoms with van der Waals surface area (Å²) in [6, 6.07) is 6.92. The molecule has 10 nitrogen and oxygen atoms in total. The maximum Gasteiger partial charge on any atom is 0.290 e. The number of para-hydroxylation sites is 1. The van der Waals surface area contributed by atoms with Crippen molar-refractivity contribution in [2.45, 2.75) is 0 Å². The van der Waals surface area contributed by atoms with Gasteiger partial charge in [-0.3, -0.25) is 19.6 Å². The van der Waals surface area contributed by atoms with Crippen LogP contribution in [-0.2, 0) is 7.05 Å². The standard InChI is InChI=1S/C19H15ClN8O2/c1-21-14-8-22-9-15(25-14)24-13-7-12(16-18(26-13)27-28(2)19(16)29)23-11-6-4-5-10(20)17(11)30-3/h4-9H,2-3H3,(H3,23,24,25,26,27). The maximum absolute atomic E-state index is 12.6. The first kappa shape index (κ1) is 19.2. The smallest absolute Gasteiger partial charge is 0.290 e. The van der Waals surface area contributed by atoms with Gasteiger partial charge in [-0.25, -0.2) is 4.98 Å². The van der Waals surface area contributed by atoms with Gasteiger partial charge in [-0.1, -0.05) is 29.2 Å².